The van der Waals surface area contributed by atoms with E-state index in [0.717, 1.165) is 29.8 Å². The van der Waals surface area contributed by atoms with Crippen molar-refractivity contribution in [1.29, 1.82) is 0 Å². The highest BCUT2D eigenvalue weighted by atomic mass is 79.9. The van der Waals surface area contributed by atoms with Gasteiger partial charge in [0, 0.05) is 27.0 Å². The van der Waals surface area contributed by atoms with Crippen LogP contribution < -0.4 is 5.32 Å². The summed E-state index contributed by atoms with van der Waals surface area (Å²) in [6.07, 6.45) is 2.02. The zero-order valence-electron chi connectivity index (χ0n) is 18.6. The van der Waals surface area contributed by atoms with Crippen LogP contribution in [-0.2, 0) is 9.63 Å². The Balaban J connectivity index is 1.61. The molecule has 2 atom stereocenters. The van der Waals surface area contributed by atoms with Crippen molar-refractivity contribution in [3.8, 4) is 0 Å². The van der Waals surface area contributed by atoms with E-state index >= 15 is 0 Å². The Hall–Kier alpha value is -2.18. The fourth-order valence-electron chi connectivity index (χ4n) is 5.30. The second-order valence-corrected chi connectivity index (χ2v) is 10.8. The lowest BCUT2D eigenvalue weighted by Crippen LogP contribution is -2.43. The van der Waals surface area contributed by atoms with Crippen LogP contribution >= 0.6 is 27.5 Å². The van der Waals surface area contributed by atoms with Gasteiger partial charge in [-0.25, -0.2) is 4.79 Å². The molecule has 168 valence electrons. The predicted octanol–water partition coefficient (Wildman–Crippen LogP) is 6.78. The number of halogens is 2. The van der Waals surface area contributed by atoms with Gasteiger partial charge in [-0.3, -0.25) is 4.79 Å². The number of oxime groups is 1. The van der Waals surface area contributed by atoms with Gasteiger partial charge in [0.15, 0.2) is 0 Å². The Bertz CT molecular complexity index is 1150. The van der Waals surface area contributed by atoms with Gasteiger partial charge in [-0.2, -0.15) is 0 Å². The molecule has 5 nitrogen and oxygen atoms in total. The summed E-state index contributed by atoms with van der Waals surface area (Å²) in [4.78, 5) is 31.5. The van der Waals surface area contributed by atoms with Crippen LogP contribution in [-0.4, -0.2) is 17.6 Å². The molecular formula is C25H26BrClN2O3. The molecule has 2 aliphatic rings. The molecule has 0 heterocycles. The van der Waals surface area contributed by atoms with E-state index in [1.165, 1.54) is 0 Å². The van der Waals surface area contributed by atoms with E-state index in [1.54, 1.807) is 24.3 Å². The largest absolute Gasteiger partial charge is 0.366 e. The number of fused-ring (bicyclic) bond motifs is 2. The molecular weight excluding hydrogens is 492 g/mol. The number of nitrogens with one attached hydrogen (secondary N) is 1. The van der Waals surface area contributed by atoms with Crippen LogP contribution in [0.15, 0.2) is 52.1 Å². The number of nitrogens with zero attached hydrogens (tertiary/aromatic N) is 1. The molecule has 2 saturated carbocycles. The lowest BCUT2D eigenvalue weighted by Gasteiger charge is -2.39. The average Bonchev–Trinajstić information content (AvgIpc) is 3.05. The number of rotatable bonds is 4. The number of hydrogen-bond acceptors (Lipinski definition) is 4. The second kappa shape index (κ2) is 7.99. The lowest BCUT2D eigenvalue weighted by molar-refractivity contribution is -0.130. The molecule has 1 N–H and O–H groups in total. The van der Waals surface area contributed by atoms with Gasteiger partial charge < -0.3 is 10.2 Å². The number of benzene rings is 2. The van der Waals surface area contributed by atoms with Gasteiger partial charge >= 0.3 is 5.97 Å². The third-order valence-corrected chi connectivity index (χ3v) is 8.86. The minimum Gasteiger partial charge on any atom is -0.325 e. The van der Waals surface area contributed by atoms with E-state index < -0.39 is 11.4 Å². The second-order valence-electron chi connectivity index (χ2n) is 9.53. The maximum Gasteiger partial charge on any atom is 0.366 e. The van der Waals surface area contributed by atoms with Crippen LogP contribution in [0.5, 0.6) is 0 Å². The molecule has 0 aliphatic heterocycles. The summed E-state index contributed by atoms with van der Waals surface area (Å²) >= 11 is 9.44. The molecule has 0 radical (unpaired) electrons. The number of carbonyl (C=O) groups excluding carboxylic acids is 2. The first-order chi connectivity index (χ1) is 15.0. The standard InChI is InChI=1S/C25H26BrClN2O3/c1-15-13-16(27)9-10-19(15)28-22(31)25-12-11-24(4,23(25,2)3)20(14-25)29-32-21(30)17-7-5-6-8-18(17)26/h5-10,13H,11-12,14H2,1-4H3,(H,28,31)/b29-20-. The van der Waals surface area contributed by atoms with E-state index in [4.69, 9.17) is 16.4 Å². The number of amides is 1. The molecule has 0 spiro atoms. The fraction of sp³-hybridized carbons (Fsp3) is 0.400. The number of anilines is 1. The zero-order chi connectivity index (χ0) is 23.3. The van der Waals surface area contributed by atoms with Crippen LogP contribution in [0.25, 0.3) is 0 Å². The Morgan fingerprint density at radius 3 is 2.53 bits per heavy atom. The van der Waals surface area contributed by atoms with Crippen LogP contribution in [0.3, 0.4) is 0 Å². The van der Waals surface area contributed by atoms with E-state index in [2.05, 4.69) is 47.2 Å². The van der Waals surface area contributed by atoms with Crippen molar-refractivity contribution in [2.45, 2.75) is 47.0 Å². The first-order valence-electron chi connectivity index (χ1n) is 10.6. The summed E-state index contributed by atoms with van der Waals surface area (Å²) in [5.41, 5.74) is 1.51. The van der Waals surface area contributed by atoms with Crippen molar-refractivity contribution in [2.75, 3.05) is 5.32 Å². The third-order valence-electron chi connectivity index (χ3n) is 7.94. The van der Waals surface area contributed by atoms with Crippen LogP contribution in [0.1, 0.15) is 56.0 Å². The maximum atomic E-state index is 13.6. The van der Waals surface area contributed by atoms with Crippen molar-refractivity contribution in [2.24, 2.45) is 21.4 Å². The van der Waals surface area contributed by atoms with Crippen molar-refractivity contribution in [3.63, 3.8) is 0 Å². The fourth-order valence-corrected chi connectivity index (χ4v) is 5.98. The summed E-state index contributed by atoms with van der Waals surface area (Å²) < 4.78 is 0.652. The molecule has 32 heavy (non-hydrogen) atoms. The van der Waals surface area contributed by atoms with Gasteiger partial charge in [-0.15, -0.1) is 0 Å². The minimum atomic E-state index is -0.633. The number of aryl methyl sites for hydroxylation is 1. The molecule has 4 rings (SSSR count). The SMILES string of the molecule is Cc1cc(Cl)ccc1NC(=O)C12CCC(C)(/C(=N\OC(=O)c3ccccc3Br)C1)C2(C)C. The normalized spacial score (nSPS) is 26.9. The van der Waals surface area contributed by atoms with Crippen LogP contribution in [0.2, 0.25) is 5.02 Å². The molecule has 2 fully saturated rings. The summed E-state index contributed by atoms with van der Waals surface area (Å²) in [6.45, 7) is 8.28. The number of carbonyl (C=O) groups is 2. The summed E-state index contributed by atoms with van der Waals surface area (Å²) in [5, 5.41) is 8.06. The van der Waals surface area contributed by atoms with Crippen molar-refractivity contribution < 1.29 is 14.4 Å². The van der Waals surface area contributed by atoms with Crippen molar-refractivity contribution in [3.05, 3.63) is 63.1 Å². The molecule has 2 aromatic rings. The highest BCUT2D eigenvalue weighted by Gasteiger charge is 2.71. The van der Waals surface area contributed by atoms with Gasteiger partial charge in [0.25, 0.3) is 0 Å². The maximum absolute atomic E-state index is 13.6. The molecule has 2 aromatic carbocycles. The minimum absolute atomic E-state index is 0.0287. The topological polar surface area (TPSA) is 67.8 Å². The van der Waals surface area contributed by atoms with E-state index in [1.807, 2.05) is 25.1 Å². The van der Waals surface area contributed by atoms with Gasteiger partial charge in [-0.05, 0) is 77.0 Å². The summed E-state index contributed by atoms with van der Waals surface area (Å²) in [7, 11) is 0. The molecule has 0 aromatic heterocycles. The van der Waals surface area contributed by atoms with Crippen LogP contribution in [0.4, 0.5) is 5.69 Å². The van der Waals surface area contributed by atoms with Gasteiger partial charge in [0.1, 0.15) is 0 Å². The predicted molar refractivity (Wildman–Crippen MR) is 130 cm³/mol. The average molecular weight is 518 g/mol. The molecule has 7 heteroatoms. The first kappa shape index (κ1) is 23.0. The quantitative estimate of drug-likeness (QED) is 0.359. The Morgan fingerprint density at radius 1 is 1.12 bits per heavy atom. The zero-order valence-corrected chi connectivity index (χ0v) is 20.9. The van der Waals surface area contributed by atoms with Crippen LogP contribution in [0, 0.1) is 23.2 Å². The molecule has 0 saturated heterocycles. The van der Waals surface area contributed by atoms with Gasteiger partial charge in [-0.1, -0.05) is 49.7 Å². The van der Waals surface area contributed by atoms with E-state index in [-0.39, 0.29) is 16.7 Å². The van der Waals surface area contributed by atoms with E-state index in [0.29, 0.717) is 21.5 Å². The van der Waals surface area contributed by atoms with E-state index in [9.17, 15) is 9.59 Å². The molecule has 2 aliphatic carbocycles. The van der Waals surface area contributed by atoms with Crippen molar-refractivity contribution in [1.82, 2.24) is 0 Å². The molecule has 2 bridgehead atoms. The monoisotopic (exact) mass is 516 g/mol. The molecule has 2 unspecified atom stereocenters. The Labute approximate surface area is 201 Å². The highest BCUT2D eigenvalue weighted by Crippen LogP contribution is 2.71. The third kappa shape index (κ3) is 3.39. The number of hydrogen-bond donors (Lipinski definition) is 1. The lowest BCUT2D eigenvalue weighted by atomic mass is 9.64. The van der Waals surface area contributed by atoms with Gasteiger partial charge in [0.2, 0.25) is 5.91 Å². The Morgan fingerprint density at radius 2 is 1.84 bits per heavy atom. The highest BCUT2D eigenvalue weighted by molar-refractivity contribution is 9.10. The summed E-state index contributed by atoms with van der Waals surface area (Å²) in [6, 6.07) is 12.5. The van der Waals surface area contributed by atoms with Crippen molar-refractivity contribution >= 4 is 50.8 Å². The first-order valence-corrected chi connectivity index (χ1v) is 11.8. The van der Waals surface area contributed by atoms with Gasteiger partial charge in [0.05, 0.1) is 16.7 Å². The smallest absolute Gasteiger partial charge is 0.325 e. The Kier molecular flexibility index (Phi) is 5.74. The summed E-state index contributed by atoms with van der Waals surface area (Å²) in [5.74, 6) is -0.552. The molecule has 1 amide bonds.